The quantitative estimate of drug-likeness (QED) is 0.642. The van der Waals surface area contributed by atoms with Crippen molar-refractivity contribution < 1.29 is 9.90 Å². The Morgan fingerprint density at radius 3 is 2.75 bits per heavy atom. The van der Waals surface area contributed by atoms with E-state index in [-0.39, 0.29) is 11.7 Å². The maximum atomic E-state index is 12.1. The van der Waals surface area contributed by atoms with E-state index in [1.54, 1.807) is 23.7 Å². The Balaban J connectivity index is 1.51. The number of aromatic hydroxyl groups is 1. The van der Waals surface area contributed by atoms with Crippen LogP contribution in [0.15, 0.2) is 54.0 Å². The van der Waals surface area contributed by atoms with Crippen LogP contribution >= 0.6 is 11.3 Å². The molecule has 0 spiro atoms. The zero-order valence-electron chi connectivity index (χ0n) is 12.8. The molecule has 0 unspecified atom stereocenters. The lowest BCUT2D eigenvalue weighted by molar-refractivity contribution is 0.0950. The number of benzene rings is 1. The van der Waals surface area contributed by atoms with Gasteiger partial charge in [-0.3, -0.25) is 4.79 Å². The van der Waals surface area contributed by atoms with Gasteiger partial charge >= 0.3 is 0 Å². The van der Waals surface area contributed by atoms with Gasteiger partial charge in [0.25, 0.3) is 5.91 Å². The molecule has 0 fully saturated rings. The molecule has 3 rings (SSSR count). The zero-order valence-corrected chi connectivity index (χ0v) is 13.6. The van der Waals surface area contributed by atoms with Crippen LogP contribution in [-0.2, 0) is 6.42 Å². The van der Waals surface area contributed by atoms with E-state index in [0.717, 1.165) is 5.56 Å². The fourth-order valence-corrected chi connectivity index (χ4v) is 2.75. The van der Waals surface area contributed by atoms with Crippen LogP contribution in [0.25, 0.3) is 0 Å². The number of phenols is 1. The van der Waals surface area contributed by atoms with E-state index in [1.807, 2.05) is 30.3 Å². The molecule has 122 valence electrons. The van der Waals surface area contributed by atoms with Gasteiger partial charge in [0.15, 0.2) is 5.13 Å². The van der Waals surface area contributed by atoms with Crippen molar-refractivity contribution in [1.29, 1.82) is 0 Å². The number of phenolic OH excluding ortho intramolecular Hbond substituents is 1. The van der Waals surface area contributed by atoms with Gasteiger partial charge in [-0.05, 0) is 36.2 Å². The number of nitrogens with one attached hydrogen (secondary N) is 2. The van der Waals surface area contributed by atoms with Crippen LogP contribution in [-0.4, -0.2) is 27.5 Å². The fourth-order valence-electron chi connectivity index (χ4n) is 2.06. The molecule has 0 radical (unpaired) electrons. The second-order valence-corrected chi connectivity index (χ2v) is 5.91. The number of nitrogens with zero attached hydrogens (tertiary/aromatic N) is 2. The molecule has 0 saturated carbocycles. The van der Waals surface area contributed by atoms with Gasteiger partial charge < -0.3 is 15.7 Å². The summed E-state index contributed by atoms with van der Waals surface area (Å²) in [6.07, 6.45) is 2.38. The molecule has 6 nitrogen and oxygen atoms in total. The third-order valence-electron chi connectivity index (χ3n) is 3.27. The average Bonchev–Trinajstić information content (AvgIpc) is 3.06. The van der Waals surface area contributed by atoms with Crippen LogP contribution in [0.1, 0.15) is 16.1 Å². The Labute approximate surface area is 143 Å². The van der Waals surface area contributed by atoms with Crippen LogP contribution in [0.2, 0.25) is 0 Å². The van der Waals surface area contributed by atoms with Crippen LogP contribution < -0.4 is 10.6 Å². The van der Waals surface area contributed by atoms with Crippen LogP contribution in [0, 0.1) is 0 Å². The maximum Gasteiger partial charge on any atom is 0.270 e. The second kappa shape index (κ2) is 7.56. The molecule has 0 saturated heterocycles. The van der Waals surface area contributed by atoms with E-state index in [4.69, 9.17) is 0 Å². The SMILES string of the molecule is O=C(NCCc1ccc(O)cc1)c1csc(Nc2ccccn2)n1. The lowest BCUT2D eigenvalue weighted by Crippen LogP contribution is -2.25. The average molecular weight is 340 g/mol. The molecule has 3 N–H and O–H groups in total. The Bertz CT molecular complexity index is 803. The van der Waals surface area contributed by atoms with E-state index in [0.29, 0.717) is 29.6 Å². The summed E-state index contributed by atoms with van der Waals surface area (Å²) in [4.78, 5) is 20.5. The first-order chi connectivity index (χ1) is 11.7. The van der Waals surface area contributed by atoms with E-state index in [9.17, 15) is 9.90 Å². The number of hydrogen-bond donors (Lipinski definition) is 3. The molecular weight excluding hydrogens is 324 g/mol. The van der Waals surface area contributed by atoms with E-state index < -0.39 is 0 Å². The van der Waals surface area contributed by atoms with Gasteiger partial charge in [-0.15, -0.1) is 11.3 Å². The largest absolute Gasteiger partial charge is 0.508 e. The van der Waals surface area contributed by atoms with Gasteiger partial charge in [-0.2, -0.15) is 0 Å². The molecule has 2 heterocycles. The third-order valence-corrected chi connectivity index (χ3v) is 4.03. The van der Waals surface area contributed by atoms with Gasteiger partial charge in [-0.1, -0.05) is 18.2 Å². The first kappa shape index (κ1) is 15.9. The molecule has 0 aliphatic rings. The van der Waals surface area contributed by atoms with Crippen LogP contribution in [0.4, 0.5) is 10.9 Å². The standard InChI is InChI=1S/C17H16N4O2S/c22-13-6-4-12(5-7-13)8-10-19-16(23)14-11-24-17(20-14)21-15-3-1-2-9-18-15/h1-7,9,11,22H,8,10H2,(H,19,23)(H,18,20,21). The van der Waals surface area contributed by atoms with Crippen LogP contribution in [0.3, 0.4) is 0 Å². The molecule has 0 aliphatic carbocycles. The van der Waals surface area contributed by atoms with Crippen molar-refractivity contribution in [1.82, 2.24) is 15.3 Å². The summed E-state index contributed by atoms with van der Waals surface area (Å²) in [7, 11) is 0. The Kier molecular flexibility index (Phi) is 5.02. The number of carbonyl (C=O) groups excluding carboxylic acids is 1. The molecule has 0 aliphatic heterocycles. The predicted octanol–water partition coefficient (Wildman–Crippen LogP) is 2.96. The van der Waals surface area contributed by atoms with Crippen LogP contribution in [0.5, 0.6) is 5.75 Å². The molecule has 1 aromatic carbocycles. The molecular formula is C17H16N4O2S. The number of carbonyl (C=O) groups is 1. The van der Waals surface area contributed by atoms with Gasteiger partial charge in [0.2, 0.25) is 0 Å². The van der Waals surface area contributed by atoms with Crippen molar-refractivity contribution >= 4 is 28.2 Å². The highest BCUT2D eigenvalue weighted by atomic mass is 32.1. The normalized spacial score (nSPS) is 10.3. The summed E-state index contributed by atoms with van der Waals surface area (Å²) in [6, 6.07) is 12.5. The highest BCUT2D eigenvalue weighted by molar-refractivity contribution is 7.14. The van der Waals surface area contributed by atoms with E-state index in [2.05, 4.69) is 20.6 Å². The summed E-state index contributed by atoms with van der Waals surface area (Å²) in [6.45, 7) is 0.504. The number of thiazole rings is 1. The lowest BCUT2D eigenvalue weighted by atomic mass is 10.1. The minimum absolute atomic E-state index is 0.209. The number of hydrogen-bond acceptors (Lipinski definition) is 6. The molecule has 24 heavy (non-hydrogen) atoms. The first-order valence-electron chi connectivity index (χ1n) is 7.40. The van der Waals surface area contributed by atoms with Crippen molar-refractivity contribution in [2.45, 2.75) is 6.42 Å². The first-order valence-corrected chi connectivity index (χ1v) is 8.28. The fraction of sp³-hybridized carbons (Fsp3) is 0.118. The second-order valence-electron chi connectivity index (χ2n) is 5.05. The Morgan fingerprint density at radius 1 is 1.17 bits per heavy atom. The summed E-state index contributed by atoms with van der Waals surface area (Å²) in [5.74, 6) is 0.712. The van der Waals surface area contributed by atoms with Crippen molar-refractivity contribution in [2.75, 3.05) is 11.9 Å². The molecule has 7 heteroatoms. The van der Waals surface area contributed by atoms with E-state index >= 15 is 0 Å². The molecule has 1 amide bonds. The number of anilines is 2. The van der Waals surface area contributed by atoms with Crippen molar-refractivity contribution in [3.63, 3.8) is 0 Å². The maximum absolute atomic E-state index is 12.1. The molecule has 0 bridgehead atoms. The number of aromatic nitrogens is 2. The molecule has 3 aromatic rings. The smallest absolute Gasteiger partial charge is 0.270 e. The van der Waals surface area contributed by atoms with Crippen molar-refractivity contribution in [3.05, 3.63) is 65.3 Å². The van der Waals surface area contributed by atoms with Crippen molar-refractivity contribution in [3.8, 4) is 5.75 Å². The van der Waals surface area contributed by atoms with Gasteiger partial charge in [0, 0.05) is 18.1 Å². The van der Waals surface area contributed by atoms with Gasteiger partial charge in [0.05, 0.1) is 0 Å². The summed E-state index contributed by atoms with van der Waals surface area (Å²) < 4.78 is 0. The van der Waals surface area contributed by atoms with E-state index in [1.165, 1.54) is 11.3 Å². The van der Waals surface area contributed by atoms with Gasteiger partial charge in [0.1, 0.15) is 17.3 Å². The molecule has 0 atom stereocenters. The topological polar surface area (TPSA) is 87.1 Å². The van der Waals surface area contributed by atoms with Gasteiger partial charge in [-0.25, -0.2) is 9.97 Å². The number of pyridine rings is 1. The highest BCUT2D eigenvalue weighted by Gasteiger charge is 2.10. The summed E-state index contributed by atoms with van der Waals surface area (Å²) in [5, 5.41) is 17.5. The Hall–Kier alpha value is -2.93. The minimum atomic E-state index is -0.209. The highest BCUT2D eigenvalue weighted by Crippen LogP contribution is 2.19. The summed E-state index contributed by atoms with van der Waals surface area (Å²) >= 11 is 1.35. The lowest BCUT2D eigenvalue weighted by Gasteiger charge is -2.04. The van der Waals surface area contributed by atoms with Crippen molar-refractivity contribution in [2.24, 2.45) is 0 Å². The predicted molar refractivity (Wildman–Crippen MR) is 93.8 cm³/mol. The zero-order chi connectivity index (χ0) is 16.8. The minimum Gasteiger partial charge on any atom is -0.508 e. The summed E-state index contributed by atoms with van der Waals surface area (Å²) in [5.41, 5.74) is 1.42. The Morgan fingerprint density at radius 2 is 2.00 bits per heavy atom. The molecule has 2 aromatic heterocycles. The number of rotatable bonds is 6. The third kappa shape index (κ3) is 4.30. The monoisotopic (exact) mass is 340 g/mol. The number of amides is 1.